The van der Waals surface area contributed by atoms with E-state index in [0.717, 1.165) is 0 Å². The first-order chi connectivity index (χ1) is 12.0. The first-order valence-electron chi connectivity index (χ1n) is 7.92. The minimum atomic E-state index is -0.528. The Morgan fingerprint density at radius 3 is 2.20 bits per heavy atom. The summed E-state index contributed by atoms with van der Waals surface area (Å²) in [7, 11) is 0. The number of carbonyl (C=O) groups is 2. The fourth-order valence-electron chi connectivity index (χ4n) is 2.39. The number of carbonyl (C=O) groups excluding carboxylic acids is 2. The molecular formula is C18H19N3O4. The second-order valence-corrected chi connectivity index (χ2v) is 5.28. The van der Waals surface area contributed by atoms with E-state index >= 15 is 0 Å². The van der Waals surface area contributed by atoms with Crippen molar-refractivity contribution in [1.82, 2.24) is 4.90 Å². The van der Waals surface area contributed by atoms with Crippen LogP contribution in [0.1, 0.15) is 34.6 Å². The molecular weight excluding hydrogens is 322 g/mol. The van der Waals surface area contributed by atoms with Gasteiger partial charge in [-0.3, -0.25) is 19.7 Å². The van der Waals surface area contributed by atoms with E-state index < -0.39 is 10.8 Å². The fourth-order valence-corrected chi connectivity index (χ4v) is 2.39. The summed E-state index contributed by atoms with van der Waals surface area (Å²) >= 11 is 0. The first kappa shape index (κ1) is 18.1. The summed E-state index contributed by atoms with van der Waals surface area (Å²) in [6.07, 6.45) is 0. The van der Waals surface area contributed by atoms with Crippen LogP contribution in [0.3, 0.4) is 0 Å². The van der Waals surface area contributed by atoms with Crippen LogP contribution in [-0.2, 0) is 0 Å². The summed E-state index contributed by atoms with van der Waals surface area (Å²) in [6, 6.07) is 12.1. The van der Waals surface area contributed by atoms with Crippen molar-refractivity contribution in [2.75, 3.05) is 18.4 Å². The molecule has 7 nitrogen and oxygen atoms in total. The van der Waals surface area contributed by atoms with E-state index in [9.17, 15) is 19.7 Å². The number of rotatable bonds is 6. The highest BCUT2D eigenvalue weighted by Gasteiger charge is 2.18. The monoisotopic (exact) mass is 341 g/mol. The average molecular weight is 341 g/mol. The Kier molecular flexibility index (Phi) is 5.84. The van der Waals surface area contributed by atoms with Crippen LogP contribution in [0.15, 0.2) is 48.5 Å². The lowest BCUT2D eigenvalue weighted by Gasteiger charge is -2.20. The maximum Gasteiger partial charge on any atom is 0.269 e. The highest BCUT2D eigenvalue weighted by atomic mass is 16.6. The van der Waals surface area contributed by atoms with Crippen molar-refractivity contribution in [3.05, 3.63) is 69.8 Å². The number of benzene rings is 2. The van der Waals surface area contributed by atoms with Gasteiger partial charge in [0, 0.05) is 30.8 Å². The topological polar surface area (TPSA) is 92.6 Å². The van der Waals surface area contributed by atoms with Crippen LogP contribution in [0.2, 0.25) is 0 Å². The lowest BCUT2D eigenvalue weighted by molar-refractivity contribution is -0.384. The molecule has 130 valence electrons. The van der Waals surface area contributed by atoms with Crippen LogP contribution >= 0.6 is 0 Å². The molecule has 0 saturated carbocycles. The van der Waals surface area contributed by atoms with E-state index in [1.54, 1.807) is 29.2 Å². The van der Waals surface area contributed by atoms with Gasteiger partial charge >= 0.3 is 0 Å². The second-order valence-electron chi connectivity index (χ2n) is 5.28. The third kappa shape index (κ3) is 4.20. The van der Waals surface area contributed by atoms with E-state index in [2.05, 4.69) is 5.32 Å². The molecule has 1 N–H and O–H groups in total. The molecule has 0 aliphatic heterocycles. The smallest absolute Gasteiger partial charge is 0.269 e. The van der Waals surface area contributed by atoms with Crippen LogP contribution in [0.5, 0.6) is 0 Å². The molecule has 0 aromatic heterocycles. The first-order valence-corrected chi connectivity index (χ1v) is 7.92. The predicted molar refractivity (Wildman–Crippen MR) is 94.7 cm³/mol. The third-order valence-corrected chi connectivity index (χ3v) is 3.80. The van der Waals surface area contributed by atoms with Gasteiger partial charge < -0.3 is 10.2 Å². The summed E-state index contributed by atoms with van der Waals surface area (Å²) in [6.45, 7) is 4.92. The van der Waals surface area contributed by atoms with Crippen molar-refractivity contribution in [1.29, 1.82) is 0 Å². The van der Waals surface area contributed by atoms with Gasteiger partial charge in [0.1, 0.15) is 0 Å². The molecule has 0 unspecified atom stereocenters. The highest BCUT2D eigenvalue weighted by Crippen LogP contribution is 2.19. The molecule has 0 aliphatic rings. The van der Waals surface area contributed by atoms with Gasteiger partial charge in [-0.05, 0) is 38.1 Å². The Bertz CT molecular complexity index is 783. The van der Waals surface area contributed by atoms with E-state index in [1.807, 2.05) is 13.8 Å². The molecule has 0 aliphatic carbocycles. The number of hydrogen-bond acceptors (Lipinski definition) is 4. The van der Waals surface area contributed by atoms with Gasteiger partial charge in [0.2, 0.25) is 0 Å². The summed E-state index contributed by atoms with van der Waals surface area (Å²) in [5, 5.41) is 13.4. The Balaban J connectivity index is 2.24. The van der Waals surface area contributed by atoms with Gasteiger partial charge in [-0.25, -0.2) is 0 Å². The molecule has 2 rings (SSSR count). The summed E-state index contributed by atoms with van der Waals surface area (Å²) in [4.78, 5) is 36.8. The molecule has 0 saturated heterocycles. The minimum absolute atomic E-state index is 0.0892. The standard InChI is InChI=1S/C18H19N3O4/c1-3-20(4-2)18(23)15-7-5-6-8-16(15)19-17(22)13-9-11-14(12-10-13)21(24)25/h5-12H,3-4H2,1-2H3,(H,19,22). The molecule has 2 amide bonds. The quantitative estimate of drug-likeness (QED) is 0.644. The largest absolute Gasteiger partial charge is 0.339 e. The van der Waals surface area contributed by atoms with Gasteiger partial charge in [0.15, 0.2) is 0 Å². The van der Waals surface area contributed by atoms with Gasteiger partial charge in [0.25, 0.3) is 17.5 Å². The van der Waals surface area contributed by atoms with Crippen LogP contribution in [0, 0.1) is 10.1 Å². The van der Waals surface area contributed by atoms with Crippen molar-refractivity contribution in [2.45, 2.75) is 13.8 Å². The zero-order chi connectivity index (χ0) is 18.4. The second kappa shape index (κ2) is 8.05. The van der Waals surface area contributed by atoms with Crippen molar-refractivity contribution in [3.8, 4) is 0 Å². The van der Waals surface area contributed by atoms with Crippen molar-refractivity contribution in [3.63, 3.8) is 0 Å². The van der Waals surface area contributed by atoms with Gasteiger partial charge in [-0.2, -0.15) is 0 Å². The predicted octanol–water partition coefficient (Wildman–Crippen LogP) is 3.33. The highest BCUT2D eigenvalue weighted by molar-refractivity contribution is 6.09. The number of anilines is 1. The van der Waals surface area contributed by atoms with Crippen LogP contribution in [0.4, 0.5) is 11.4 Å². The fraction of sp³-hybridized carbons (Fsp3) is 0.222. The molecule has 0 heterocycles. The van der Waals surface area contributed by atoms with E-state index in [-0.39, 0.29) is 17.2 Å². The third-order valence-electron chi connectivity index (χ3n) is 3.80. The minimum Gasteiger partial charge on any atom is -0.339 e. The molecule has 0 radical (unpaired) electrons. The normalized spacial score (nSPS) is 10.2. The van der Waals surface area contributed by atoms with Crippen LogP contribution < -0.4 is 5.32 Å². The van der Waals surface area contributed by atoms with E-state index in [0.29, 0.717) is 24.3 Å². The zero-order valence-corrected chi connectivity index (χ0v) is 14.1. The number of para-hydroxylation sites is 1. The molecule has 7 heteroatoms. The Morgan fingerprint density at radius 2 is 1.64 bits per heavy atom. The molecule has 0 atom stereocenters. The number of nitro benzene ring substituents is 1. The lowest BCUT2D eigenvalue weighted by Crippen LogP contribution is -2.31. The van der Waals surface area contributed by atoms with Crippen molar-refractivity contribution < 1.29 is 14.5 Å². The van der Waals surface area contributed by atoms with Crippen LogP contribution in [0.25, 0.3) is 0 Å². The molecule has 2 aromatic rings. The molecule has 0 spiro atoms. The van der Waals surface area contributed by atoms with E-state index in [4.69, 9.17) is 0 Å². The maximum absolute atomic E-state index is 12.6. The summed E-state index contributed by atoms with van der Waals surface area (Å²) in [5.74, 6) is -0.598. The number of hydrogen-bond donors (Lipinski definition) is 1. The van der Waals surface area contributed by atoms with Crippen LogP contribution in [-0.4, -0.2) is 34.7 Å². The number of non-ortho nitro benzene ring substituents is 1. The Morgan fingerprint density at radius 1 is 1.04 bits per heavy atom. The molecule has 25 heavy (non-hydrogen) atoms. The zero-order valence-electron chi connectivity index (χ0n) is 14.1. The van der Waals surface area contributed by atoms with Gasteiger partial charge in [-0.1, -0.05) is 12.1 Å². The summed E-state index contributed by atoms with van der Waals surface area (Å²) in [5.41, 5.74) is 0.994. The van der Waals surface area contributed by atoms with Gasteiger partial charge in [0.05, 0.1) is 16.2 Å². The summed E-state index contributed by atoms with van der Waals surface area (Å²) < 4.78 is 0. The molecule has 2 aromatic carbocycles. The maximum atomic E-state index is 12.6. The Labute approximate surface area is 145 Å². The number of amides is 2. The number of nitrogens with zero attached hydrogens (tertiary/aromatic N) is 2. The van der Waals surface area contributed by atoms with Crippen molar-refractivity contribution in [2.24, 2.45) is 0 Å². The van der Waals surface area contributed by atoms with Gasteiger partial charge in [-0.15, -0.1) is 0 Å². The molecule has 0 fully saturated rings. The lowest BCUT2D eigenvalue weighted by atomic mass is 10.1. The number of nitrogens with one attached hydrogen (secondary N) is 1. The average Bonchev–Trinajstić information content (AvgIpc) is 2.63. The number of nitro groups is 1. The molecule has 0 bridgehead atoms. The SMILES string of the molecule is CCN(CC)C(=O)c1ccccc1NC(=O)c1ccc([N+](=O)[O-])cc1. The Hall–Kier alpha value is -3.22. The van der Waals surface area contributed by atoms with Crippen molar-refractivity contribution >= 4 is 23.2 Å². The van der Waals surface area contributed by atoms with E-state index in [1.165, 1.54) is 24.3 Å².